The van der Waals surface area contributed by atoms with Crippen LogP contribution in [-0.2, 0) is 24.0 Å². The molecular formula is C21H17F3N2O3. The highest BCUT2D eigenvalue weighted by atomic mass is 19.4. The summed E-state index contributed by atoms with van der Waals surface area (Å²) in [5.74, 6) is 0.0561. The van der Waals surface area contributed by atoms with Crippen molar-refractivity contribution in [1.29, 1.82) is 0 Å². The molecule has 0 radical (unpaired) electrons. The third kappa shape index (κ3) is 5.78. The van der Waals surface area contributed by atoms with Gasteiger partial charge in [-0.1, -0.05) is 24.3 Å². The normalized spacial score (nSPS) is 11.3. The first-order chi connectivity index (χ1) is 13.8. The molecule has 3 rings (SSSR count). The van der Waals surface area contributed by atoms with Crippen molar-refractivity contribution in [2.24, 2.45) is 0 Å². The van der Waals surface area contributed by atoms with Gasteiger partial charge in [0.1, 0.15) is 12.4 Å². The number of ether oxygens (including phenoxy) is 1. The molecule has 8 heteroatoms. The smallest absolute Gasteiger partial charge is 0.416 e. The summed E-state index contributed by atoms with van der Waals surface area (Å²) in [5, 5.41) is 8.71. The Labute approximate surface area is 164 Å². The number of carboxylic acids is 1. The summed E-state index contributed by atoms with van der Waals surface area (Å²) in [7, 11) is 0. The molecule has 29 heavy (non-hydrogen) atoms. The molecule has 0 saturated heterocycles. The highest BCUT2D eigenvalue weighted by molar-refractivity contribution is 5.67. The standard InChI is InChI=1S/C21H17F3N2O3/c22-21(23,24)16-6-4-15(5-7-16)20-25-12-11-17(26-20)13-29-18-8-1-14(2-9-18)3-10-19(27)28/h1-2,4-9,11-12H,3,10,13H2,(H,27,28). The Balaban J connectivity index is 1.63. The minimum atomic E-state index is -4.39. The summed E-state index contributed by atoms with van der Waals surface area (Å²) in [6.07, 6.45) is -2.36. The molecule has 150 valence electrons. The summed E-state index contributed by atoms with van der Waals surface area (Å²) in [5.41, 5.74) is 1.21. The maximum absolute atomic E-state index is 12.7. The van der Waals surface area contributed by atoms with Crippen LogP contribution in [0, 0.1) is 0 Å². The summed E-state index contributed by atoms with van der Waals surface area (Å²) < 4.78 is 43.7. The van der Waals surface area contributed by atoms with Gasteiger partial charge in [-0.2, -0.15) is 13.2 Å². The zero-order chi connectivity index (χ0) is 20.9. The molecular weight excluding hydrogens is 385 g/mol. The van der Waals surface area contributed by atoms with Crippen molar-refractivity contribution in [2.75, 3.05) is 0 Å². The van der Waals surface area contributed by atoms with Crippen molar-refractivity contribution in [3.8, 4) is 17.1 Å². The van der Waals surface area contributed by atoms with Crippen LogP contribution in [0.4, 0.5) is 13.2 Å². The Morgan fingerprint density at radius 3 is 2.31 bits per heavy atom. The van der Waals surface area contributed by atoms with Gasteiger partial charge in [0, 0.05) is 18.2 Å². The largest absolute Gasteiger partial charge is 0.487 e. The average Bonchev–Trinajstić information content (AvgIpc) is 2.71. The number of rotatable bonds is 7. The van der Waals surface area contributed by atoms with Crippen LogP contribution in [-0.4, -0.2) is 21.0 Å². The first kappa shape index (κ1) is 20.3. The number of carbonyl (C=O) groups is 1. The Morgan fingerprint density at radius 2 is 1.69 bits per heavy atom. The molecule has 0 atom stereocenters. The SMILES string of the molecule is O=C(O)CCc1ccc(OCc2ccnc(-c3ccc(C(F)(F)F)cc3)n2)cc1. The highest BCUT2D eigenvalue weighted by Gasteiger charge is 2.30. The second-order valence-corrected chi connectivity index (χ2v) is 6.27. The van der Waals surface area contributed by atoms with Crippen LogP contribution < -0.4 is 4.74 Å². The quantitative estimate of drug-likeness (QED) is 0.617. The van der Waals surface area contributed by atoms with E-state index in [2.05, 4.69) is 9.97 Å². The van der Waals surface area contributed by atoms with Crippen LogP contribution in [0.15, 0.2) is 60.8 Å². The number of halogens is 3. The number of nitrogens with zero attached hydrogens (tertiary/aromatic N) is 2. The van der Waals surface area contributed by atoms with E-state index >= 15 is 0 Å². The van der Waals surface area contributed by atoms with Gasteiger partial charge in [0.2, 0.25) is 0 Å². The van der Waals surface area contributed by atoms with Crippen LogP contribution in [0.2, 0.25) is 0 Å². The predicted octanol–water partition coefficient (Wildman–Crippen LogP) is 4.76. The average molecular weight is 402 g/mol. The van der Waals surface area contributed by atoms with Gasteiger partial charge in [-0.25, -0.2) is 9.97 Å². The summed E-state index contributed by atoms with van der Waals surface area (Å²) >= 11 is 0. The Bertz CT molecular complexity index is 972. The van der Waals surface area contributed by atoms with E-state index in [0.29, 0.717) is 29.3 Å². The number of alkyl halides is 3. The summed E-state index contributed by atoms with van der Waals surface area (Å²) in [4.78, 5) is 19.0. The second kappa shape index (κ2) is 8.72. The Morgan fingerprint density at radius 1 is 1.00 bits per heavy atom. The van der Waals surface area contributed by atoms with Crippen LogP contribution in [0.3, 0.4) is 0 Å². The summed E-state index contributed by atoms with van der Waals surface area (Å²) in [6.45, 7) is 0.157. The van der Waals surface area contributed by atoms with Gasteiger partial charge in [0.25, 0.3) is 0 Å². The first-order valence-corrected chi connectivity index (χ1v) is 8.74. The fraction of sp³-hybridized carbons (Fsp3) is 0.190. The number of aromatic nitrogens is 2. The van der Waals surface area contributed by atoms with Gasteiger partial charge in [-0.3, -0.25) is 4.79 Å². The number of hydrogen-bond acceptors (Lipinski definition) is 4. The van der Waals surface area contributed by atoms with E-state index in [9.17, 15) is 18.0 Å². The van der Waals surface area contributed by atoms with E-state index in [1.54, 1.807) is 30.3 Å². The maximum atomic E-state index is 12.7. The van der Waals surface area contributed by atoms with Gasteiger partial charge in [0.05, 0.1) is 11.3 Å². The zero-order valence-electron chi connectivity index (χ0n) is 15.2. The molecule has 1 heterocycles. The number of carboxylic acid groups (broad SMARTS) is 1. The first-order valence-electron chi connectivity index (χ1n) is 8.74. The monoisotopic (exact) mass is 402 g/mol. The van der Waals surface area contributed by atoms with Crippen molar-refractivity contribution < 1.29 is 27.8 Å². The molecule has 2 aromatic carbocycles. The number of aryl methyl sites for hydroxylation is 1. The number of benzene rings is 2. The van der Waals surface area contributed by atoms with Gasteiger partial charge in [-0.15, -0.1) is 0 Å². The molecule has 1 aromatic heterocycles. The fourth-order valence-electron chi connectivity index (χ4n) is 2.58. The van der Waals surface area contributed by atoms with E-state index in [1.807, 2.05) is 0 Å². The molecule has 3 aromatic rings. The topological polar surface area (TPSA) is 72.3 Å². The van der Waals surface area contributed by atoms with Crippen molar-refractivity contribution >= 4 is 5.97 Å². The van der Waals surface area contributed by atoms with E-state index in [0.717, 1.165) is 17.7 Å². The molecule has 1 N–H and O–H groups in total. The zero-order valence-corrected chi connectivity index (χ0v) is 15.2. The lowest BCUT2D eigenvalue weighted by Crippen LogP contribution is -2.04. The van der Waals surface area contributed by atoms with Crippen molar-refractivity contribution in [3.05, 3.63) is 77.6 Å². The molecule has 0 amide bonds. The van der Waals surface area contributed by atoms with Gasteiger partial charge in [0.15, 0.2) is 5.82 Å². The van der Waals surface area contributed by atoms with Gasteiger partial charge in [-0.05, 0) is 42.3 Å². The molecule has 0 aliphatic carbocycles. The molecule has 5 nitrogen and oxygen atoms in total. The van der Waals surface area contributed by atoms with Crippen molar-refractivity contribution in [3.63, 3.8) is 0 Å². The lowest BCUT2D eigenvalue weighted by Gasteiger charge is -2.09. The molecule has 0 bridgehead atoms. The third-order valence-corrected chi connectivity index (χ3v) is 4.12. The number of aliphatic carboxylic acids is 1. The highest BCUT2D eigenvalue weighted by Crippen LogP contribution is 2.30. The van der Waals surface area contributed by atoms with Crippen LogP contribution in [0.25, 0.3) is 11.4 Å². The third-order valence-electron chi connectivity index (χ3n) is 4.12. The lowest BCUT2D eigenvalue weighted by molar-refractivity contribution is -0.138. The molecule has 0 fully saturated rings. The van der Waals surface area contributed by atoms with Gasteiger partial charge >= 0.3 is 12.1 Å². The molecule has 0 aliphatic heterocycles. The van der Waals surface area contributed by atoms with E-state index < -0.39 is 17.7 Å². The molecule has 0 aliphatic rings. The lowest BCUT2D eigenvalue weighted by atomic mass is 10.1. The van der Waals surface area contributed by atoms with Crippen LogP contribution in [0.1, 0.15) is 23.2 Å². The Kier molecular flexibility index (Phi) is 6.11. The Hall–Kier alpha value is -3.42. The predicted molar refractivity (Wildman–Crippen MR) is 99.2 cm³/mol. The van der Waals surface area contributed by atoms with E-state index in [4.69, 9.17) is 9.84 Å². The maximum Gasteiger partial charge on any atom is 0.416 e. The molecule has 0 saturated carbocycles. The van der Waals surface area contributed by atoms with Gasteiger partial charge < -0.3 is 9.84 Å². The van der Waals surface area contributed by atoms with E-state index in [1.165, 1.54) is 18.3 Å². The summed E-state index contributed by atoms with van der Waals surface area (Å²) in [6, 6.07) is 13.4. The number of hydrogen-bond donors (Lipinski definition) is 1. The molecule has 0 unspecified atom stereocenters. The van der Waals surface area contributed by atoms with Crippen molar-refractivity contribution in [1.82, 2.24) is 9.97 Å². The van der Waals surface area contributed by atoms with E-state index in [-0.39, 0.29) is 13.0 Å². The molecule has 0 spiro atoms. The fourth-order valence-corrected chi connectivity index (χ4v) is 2.58. The van der Waals surface area contributed by atoms with Crippen LogP contribution >= 0.6 is 0 Å². The minimum Gasteiger partial charge on any atom is -0.487 e. The van der Waals surface area contributed by atoms with Crippen molar-refractivity contribution in [2.45, 2.75) is 25.6 Å². The van der Waals surface area contributed by atoms with Crippen LogP contribution in [0.5, 0.6) is 5.75 Å². The second-order valence-electron chi connectivity index (χ2n) is 6.27. The minimum absolute atomic E-state index is 0.0634.